The minimum Gasteiger partial charge on any atom is -0.381 e. The van der Waals surface area contributed by atoms with Gasteiger partial charge in [-0.05, 0) is 160 Å². The number of nitrogens with one attached hydrogen (secondary N) is 8. The van der Waals surface area contributed by atoms with E-state index in [0.717, 1.165) is 89.6 Å². The van der Waals surface area contributed by atoms with Crippen LogP contribution in [0.3, 0.4) is 0 Å². The highest BCUT2D eigenvalue weighted by atomic mass is 16.5. The second-order valence-corrected chi connectivity index (χ2v) is 32.1. The standard InChI is InChI=1S/C72H126N8O6/c1-9-13-33-83-61-45-29-21-19-27-43(45)39(5)51-53(61)67-73-65(51)75-71-57-58(64(86-36-16-12-4)48-32-24-23-31-47(48)63(57)85-35-15-11-3)72(80-71)76-66-52-40(6)44-28-20-22-30-46(44)62(84-34-14-10-2)54(52)68(74-66)78-70-56-55(69(77-67)79-70)59(81-7)49-37-41-25-17-18-26-42(41)38-50(49)60(56)82-8/h39-80H,9-38H2,1-8H3. The van der Waals surface area contributed by atoms with Gasteiger partial charge in [-0.25, -0.2) is 0 Å². The Kier molecular flexibility index (Phi) is 20.3. The molecule has 14 rings (SSSR count). The monoisotopic (exact) mass is 1200 g/mol. The van der Waals surface area contributed by atoms with E-state index in [1.165, 1.54) is 116 Å². The predicted octanol–water partition coefficient (Wildman–Crippen LogP) is 10.7. The minimum atomic E-state index is -0.00124. The lowest BCUT2D eigenvalue weighted by Gasteiger charge is -2.56. The third-order valence-electron chi connectivity index (χ3n) is 28.3. The van der Waals surface area contributed by atoms with Gasteiger partial charge in [0.2, 0.25) is 0 Å². The number of hydrogen-bond donors (Lipinski definition) is 8. The smallest absolute Gasteiger partial charge is 0.0667 e. The van der Waals surface area contributed by atoms with Crippen molar-refractivity contribution in [3.63, 3.8) is 0 Å². The summed E-state index contributed by atoms with van der Waals surface area (Å²) in [4.78, 5) is 0. The van der Waals surface area contributed by atoms with Gasteiger partial charge in [-0.2, -0.15) is 0 Å². The Morgan fingerprint density at radius 2 is 0.512 bits per heavy atom. The van der Waals surface area contributed by atoms with Crippen LogP contribution in [0.15, 0.2) is 0 Å². The molecule has 14 heteroatoms. The average Bonchev–Trinajstić information content (AvgIpc) is 1.55. The lowest BCUT2D eigenvalue weighted by Crippen LogP contribution is -2.63. The van der Waals surface area contributed by atoms with Gasteiger partial charge in [0.15, 0.2) is 0 Å². The molecule has 0 spiro atoms. The molecule has 9 aliphatic carbocycles. The van der Waals surface area contributed by atoms with Gasteiger partial charge in [0.1, 0.15) is 0 Å². The molecular weight excluding hydrogens is 1070 g/mol. The topological polar surface area (TPSA) is 152 Å². The van der Waals surface area contributed by atoms with E-state index in [2.05, 4.69) is 87.7 Å². The first-order chi connectivity index (χ1) is 42.3. The summed E-state index contributed by atoms with van der Waals surface area (Å²) in [5.74, 6) is 9.33. The molecule has 14 nitrogen and oxygen atoms in total. The van der Waals surface area contributed by atoms with E-state index in [4.69, 9.17) is 39.1 Å². The predicted molar refractivity (Wildman–Crippen MR) is 340 cm³/mol. The fourth-order valence-electron chi connectivity index (χ4n) is 24.8. The van der Waals surface area contributed by atoms with Crippen molar-refractivity contribution in [2.24, 2.45) is 118 Å². The van der Waals surface area contributed by atoms with Crippen LogP contribution in [-0.2, 0) is 28.4 Å². The summed E-state index contributed by atoms with van der Waals surface area (Å²) in [6, 6.07) is 0. The van der Waals surface area contributed by atoms with Crippen LogP contribution >= 0.6 is 0 Å². The zero-order chi connectivity index (χ0) is 58.7. The van der Waals surface area contributed by atoms with E-state index in [0.29, 0.717) is 82.9 Å². The van der Waals surface area contributed by atoms with Crippen LogP contribution in [0.25, 0.3) is 0 Å². The van der Waals surface area contributed by atoms with E-state index in [9.17, 15) is 0 Å². The Labute approximate surface area is 522 Å². The molecular formula is C72H126N8O6. The van der Waals surface area contributed by atoms with Gasteiger partial charge >= 0.3 is 0 Å². The lowest BCUT2D eigenvalue weighted by atomic mass is 9.54. The molecule has 5 saturated heterocycles. The summed E-state index contributed by atoms with van der Waals surface area (Å²) >= 11 is 0. The molecule has 0 aromatic carbocycles. The molecule has 34 atom stereocenters. The zero-order valence-electron chi connectivity index (χ0n) is 55.3. The van der Waals surface area contributed by atoms with Gasteiger partial charge in [0, 0.05) is 76.2 Å². The first-order valence-corrected chi connectivity index (χ1v) is 37.9. The molecule has 8 N–H and O–H groups in total. The molecule has 14 aliphatic rings. The van der Waals surface area contributed by atoms with Crippen molar-refractivity contribution in [3.05, 3.63) is 0 Å². The fourth-order valence-corrected chi connectivity index (χ4v) is 24.8. The van der Waals surface area contributed by atoms with Crippen molar-refractivity contribution < 1.29 is 28.4 Å². The molecule has 9 saturated carbocycles. The highest BCUT2D eigenvalue weighted by molar-refractivity contribution is 5.19. The Morgan fingerprint density at radius 1 is 0.279 bits per heavy atom. The molecule has 86 heavy (non-hydrogen) atoms. The maximum Gasteiger partial charge on any atom is 0.0667 e. The molecule has 8 bridgehead atoms. The van der Waals surface area contributed by atoms with Gasteiger partial charge in [-0.1, -0.05) is 131 Å². The second kappa shape index (κ2) is 27.8. The largest absolute Gasteiger partial charge is 0.381 e. The van der Waals surface area contributed by atoms with E-state index in [1.54, 1.807) is 0 Å². The van der Waals surface area contributed by atoms with Crippen LogP contribution in [0.4, 0.5) is 0 Å². The molecule has 14 fully saturated rings. The minimum absolute atomic E-state index is 0.00124. The fraction of sp³-hybridized carbons (Fsp3) is 1.00. The van der Waals surface area contributed by atoms with E-state index in [1.807, 2.05) is 0 Å². The summed E-state index contributed by atoms with van der Waals surface area (Å²) in [7, 11) is 4.16. The maximum absolute atomic E-state index is 7.59. The van der Waals surface area contributed by atoms with E-state index < -0.39 is 0 Å². The molecule has 0 amide bonds. The summed E-state index contributed by atoms with van der Waals surface area (Å²) in [5, 5.41) is 37.1. The zero-order valence-corrected chi connectivity index (χ0v) is 55.3. The number of ether oxygens (including phenoxy) is 6. The molecule has 0 aromatic rings. The SMILES string of the molecule is CCCCOC1C2CCCCC2C(C)C2C3NC(NC4NC(NC5NC(NC6NC(N3)C3C(OCCCC)C7CCCCC7C(OCCCC)C63)C3C(C)C6CCCCC6C(OCCCC)C53)C3C(OC)C5CC6CCCCC6CC5C(OC)C43)C12. The summed E-state index contributed by atoms with van der Waals surface area (Å²) < 4.78 is 44.7. The molecule has 34 unspecified atom stereocenters. The molecule has 5 aliphatic heterocycles. The average molecular weight is 1200 g/mol. The highest BCUT2D eigenvalue weighted by Gasteiger charge is 2.68. The Morgan fingerprint density at radius 3 is 0.791 bits per heavy atom. The normalized spacial score (nSPS) is 52.7. The van der Waals surface area contributed by atoms with Crippen LogP contribution < -0.4 is 42.5 Å². The van der Waals surface area contributed by atoms with E-state index in [-0.39, 0.29) is 110 Å². The second-order valence-electron chi connectivity index (χ2n) is 32.1. The van der Waals surface area contributed by atoms with E-state index >= 15 is 0 Å². The third-order valence-corrected chi connectivity index (χ3v) is 28.3. The Bertz CT molecular complexity index is 2020. The van der Waals surface area contributed by atoms with Gasteiger partial charge in [-0.3, -0.25) is 42.5 Å². The quantitative estimate of drug-likeness (QED) is 0.0615. The van der Waals surface area contributed by atoms with Crippen molar-refractivity contribution in [1.29, 1.82) is 0 Å². The van der Waals surface area contributed by atoms with Gasteiger partial charge in [0.25, 0.3) is 0 Å². The number of rotatable bonds is 18. The highest BCUT2D eigenvalue weighted by Crippen LogP contribution is 2.60. The van der Waals surface area contributed by atoms with Crippen LogP contribution in [-0.4, -0.2) is 127 Å². The Hall–Kier alpha value is -0.560. The van der Waals surface area contributed by atoms with Gasteiger partial charge in [0.05, 0.1) is 86.0 Å². The number of fused-ring (bicyclic) bond motifs is 25. The first-order valence-electron chi connectivity index (χ1n) is 37.9. The number of unbranched alkanes of at least 4 members (excludes halogenated alkanes) is 4. The Balaban J connectivity index is 0.918. The molecule has 0 radical (unpaired) electrons. The maximum atomic E-state index is 7.59. The molecule has 0 aromatic heterocycles. The number of methoxy groups -OCH3 is 2. The van der Waals surface area contributed by atoms with Gasteiger partial charge in [-0.15, -0.1) is 0 Å². The van der Waals surface area contributed by atoms with Crippen molar-refractivity contribution >= 4 is 0 Å². The molecule has 490 valence electrons. The van der Waals surface area contributed by atoms with Crippen LogP contribution in [0.2, 0.25) is 0 Å². The van der Waals surface area contributed by atoms with Crippen LogP contribution in [0.5, 0.6) is 0 Å². The van der Waals surface area contributed by atoms with Crippen LogP contribution in [0, 0.1) is 118 Å². The van der Waals surface area contributed by atoms with Crippen molar-refractivity contribution in [2.75, 3.05) is 40.6 Å². The molecule has 5 heterocycles. The summed E-state index contributed by atoms with van der Waals surface area (Å²) in [6.07, 6.45) is 34.0. The first kappa shape index (κ1) is 62.9. The third kappa shape index (κ3) is 11.4. The van der Waals surface area contributed by atoms with Crippen molar-refractivity contribution in [3.8, 4) is 0 Å². The summed E-state index contributed by atoms with van der Waals surface area (Å²) in [5.41, 5.74) is 0. The van der Waals surface area contributed by atoms with Crippen LogP contribution in [0.1, 0.15) is 208 Å². The summed E-state index contributed by atoms with van der Waals surface area (Å²) in [6.45, 7) is 18.1. The lowest BCUT2D eigenvalue weighted by molar-refractivity contribution is -0.173. The van der Waals surface area contributed by atoms with Gasteiger partial charge < -0.3 is 28.4 Å². The van der Waals surface area contributed by atoms with Crippen molar-refractivity contribution in [2.45, 2.75) is 294 Å². The van der Waals surface area contributed by atoms with Crippen molar-refractivity contribution in [1.82, 2.24) is 42.5 Å². The number of hydrogen-bond acceptors (Lipinski definition) is 14.